The molecule has 0 saturated carbocycles. The van der Waals surface area contributed by atoms with Crippen LogP contribution in [0.3, 0.4) is 0 Å². The fourth-order valence-corrected chi connectivity index (χ4v) is 3.46. The van der Waals surface area contributed by atoms with Gasteiger partial charge in [-0.2, -0.15) is 0 Å². The van der Waals surface area contributed by atoms with E-state index in [1.807, 2.05) is 12.3 Å². The molecular weight excluding hydrogens is 260 g/mol. The number of nitrogens with zero attached hydrogens (tertiary/aromatic N) is 3. The van der Waals surface area contributed by atoms with E-state index < -0.39 is 0 Å². The summed E-state index contributed by atoms with van der Waals surface area (Å²) in [7, 11) is 0. The van der Waals surface area contributed by atoms with Crippen LogP contribution in [0.1, 0.15) is 18.3 Å². The lowest BCUT2D eigenvalue weighted by atomic mass is 10.2. The average molecular weight is 278 g/mol. The molecule has 2 aromatic rings. The molecule has 0 spiro atoms. The summed E-state index contributed by atoms with van der Waals surface area (Å²) in [6.45, 7) is 7.89. The van der Waals surface area contributed by atoms with Crippen molar-refractivity contribution >= 4 is 16.3 Å². The maximum atomic E-state index is 12.1. The molecule has 0 radical (unpaired) electrons. The maximum absolute atomic E-state index is 12.1. The molecule has 1 N–H and O–H groups in total. The normalized spacial score (nSPS) is 21.1. The summed E-state index contributed by atoms with van der Waals surface area (Å²) >= 11 is 1.53. The zero-order chi connectivity index (χ0) is 13.4. The highest BCUT2D eigenvalue weighted by Gasteiger charge is 2.17. The number of aryl methyl sites for hydroxylation is 1. The molecule has 0 bridgehead atoms. The van der Waals surface area contributed by atoms with Gasteiger partial charge in [0.05, 0.1) is 5.69 Å². The van der Waals surface area contributed by atoms with Crippen LogP contribution in [-0.2, 0) is 6.54 Å². The van der Waals surface area contributed by atoms with Crippen LogP contribution in [0.15, 0.2) is 16.2 Å². The Morgan fingerprint density at radius 1 is 1.58 bits per heavy atom. The lowest BCUT2D eigenvalue weighted by Crippen LogP contribution is -2.48. The molecule has 2 aromatic heterocycles. The highest BCUT2D eigenvalue weighted by molar-refractivity contribution is 7.15. The van der Waals surface area contributed by atoms with Crippen molar-refractivity contribution in [2.24, 2.45) is 0 Å². The topological polar surface area (TPSA) is 49.6 Å². The largest absolute Gasteiger partial charge is 0.312 e. The summed E-state index contributed by atoms with van der Waals surface area (Å²) in [5.41, 5.74) is 1.86. The number of aromatic nitrogens is 2. The standard InChI is InChI=1S/C13H18N4OS/c1-9-6-16(4-3-14-9)7-11-5-12(18)17-10(2)8-19-13(17)15-11/h5,8-9,14H,3-4,6-7H2,1-2H3. The molecule has 0 amide bonds. The van der Waals surface area contributed by atoms with Crippen molar-refractivity contribution in [3.63, 3.8) is 0 Å². The molecule has 102 valence electrons. The summed E-state index contributed by atoms with van der Waals surface area (Å²) in [5, 5.41) is 5.39. The minimum atomic E-state index is 0.0296. The second-order valence-corrected chi connectivity index (χ2v) is 6.01. The third-order valence-corrected chi connectivity index (χ3v) is 4.41. The Morgan fingerprint density at radius 2 is 2.42 bits per heavy atom. The zero-order valence-electron chi connectivity index (χ0n) is 11.2. The monoisotopic (exact) mass is 278 g/mol. The van der Waals surface area contributed by atoms with Gasteiger partial charge >= 0.3 is 0 Å². The van der Waals surface area contributed by atoms with Gasteiger partial charge < -0.3 is 5.32 Å². The van der Waals surface area contributed by atoms with Crippen molar-refractivity contribution in [1.29, 1.82) is 0 Å². The van der Waals surface area contributed by atoms with Gasteiger partial charge in [-0.25, -0.2) is 4.98 Å². The van der Waals surface area contributed by atoms with E-state index in [2.05, 4.69) is 22.1 Å². The Morgan fingerprint density at radius 3 is 3.21 bits per heavy atom. The molecule has 1 aliphatic heterocycles. The summed E-state index contributed by atoms with van der Waals surface area (Å²) in [6, 6.07) is 2.17. The fraction of sp³-hybridized carbons (Fsp3) is 0.538. The van der Waals surface area contributed by atoms with Crippen LogP contribution >= 0.6 is 11.3 Å². The van der Waals surface area contributed by atoms with Crippen LogP contribution in [-0.4, -0.2) is 40.0 Å². The Labute approximate surface area is 115 Å². The third-order valence-electron chi connectivity index (χ3n) is 3.47. The smallest absolute Gasteiger partial charge is 0.259 e. The van der Waals surface area contributed by atoms with Gasteiger partial charge in [-0.15, -0.1) is 11.3 Å². The highest BCUT2D eigenvalue weighted by Crippen LogP contribution is 2.12. The quantitative estimate of drug-likeness (QED) is 0.885. The van der Waals surface area contributed by atoms with Crippen molar-refractivity contribution in [3.8, 4) is 0 Å². The maximum Gasteiger partial charge on any atom is 0.259 e. The average Bonchev–Trinajstić information content (AvgIpc) is 2.71. The van der Waals surface area contributed by atoms with Crippen molar-refractivity contribution in [2.45, 2.75) is 26.4 Å². The van der Waals surface area contributed by atoms with E-state index in [9.17, 15) is 4.79 Å². The number of hydrogen-bond donors (Lipinski definition) is 1. The second-order valence-electron chi connectivity index (χ2n) is 5.17. The molecule has 6 heteroatoms. The van der Waals surface area contributed by atoms with Crippen LogP contribution in [0.25, 0.3) is 4.96 Å². The molecule has 1 unspecified atom stereocenters. The molecule has 1 fully saturated rings. The predicted molar refractivity (Wildman–Crippen MR) is 76.8 cm³/mol. The highest BCUT2D eigenvalue weighted by atomic mass is 32.1. The fourth-order valence-electron chi connectivity index (χ4n) is 2.57. The minimum Gasteiger partial charge on any atom is -0.312 e. The molecule has 0 aromatic carbocycles. The summed E-state index contributed by atoms with van der Waals surface area (Å²) < 4.78 is 1.68. The number of hydrogen-bond acceptors (Lipinski definition) is 5. The molecule has 1 saturated heterocycles. The lowest BCUT2D eigenvalue weighted by Gasteiger charge is -2.31. The summed E-state index contributed by atoms with van der Waals surface area (Å²) in [6.07, 6.45) is 0. The third kappa shape index (κ3) is 2.56. The first-order chi connectivity index (χ1) is 9.13. The van der Waals surface area contributed by atoms with Gasteiger partial charge in [0.1, 0.15) is 0 Å². The van der Waals surface area contributed by atoms with E-state index in [1.54, 1.807) is 10.5 Å². The Hall–Kier alpha value is -1.24. The van der Waals surface area contributed by atoms with Crippen molar-refractivity contribution in [3.05, 3.63) is 33.2 Å². The van der Waals surface area contributed by atoms with E-state index >= 15 is 0 Å². The first-order valence-electron chi connectivity index (χ1n) is 6.56. The van der Waals surface area contributed by atoms with Crippen LogP contribution in [0.4, 0.5) is 0 Å². The first kappa shape index (κ1) is 12.8. The molecule has 19 heavy (non-hydrogen) atoms. The lowest BCUT2D eigenvalue weighted by molar-refractivity contribution is 0.197. The summed E-state index contributed by atoms with van der Waals surface area (Å²) in [5.74, 6) is 0. The van der Waals surface area contributed by atoms with Gasteiger partial charge in [0, 0.05) is 49.4 Å². The Bertz CT molecular complexity index is 648. The van der Waals surface area contributed by atoms with E-state index in [0.29, 0.717) is 6.04 Å². The number of fused-ring (bicyclic) bond motifs is 1. The Balaban J connectivity index is 1.87. The number of nitrogens with one attached hydrogen (secondary N) is 1. The van der Waals surface area contributed by atoms with Crippen LogP contribution in [0.5, 0.6) is 0 Å². The minimum absolute atomic E-state index is 0.0296. The van der Waals surface area contributed by atoms with Crippen LogP contribution in [0.2, 0.25) is 0 Å². The number of piperazine rings is 1. The molecular formula is C13H18N4OS. The first-order valence-corrected chi connectivity index (χ1v) is 7.44. The van der Waals surface area contributed by atoms with Gasteiger partial charge in [0.25, 0.3) is 5.56 Å². The van der Waals surface area contributed by atoms with Crippen LogP contribution < -0.4 is 10.9 Å². The molecule has 1 aliphatic rings. The van der Waals surface area contributed by atoms with Crippen molar-refractivity contribution < 1.29 is 0 Å². The molecule has 0 aliphatic carbocycles. The number of rotatable bonds is 2. The predicted octanol–water partition coefficient (Wildman–Crippen LogP) is 0.858. The van der Waals surface area contributed by atoms with Gasteiger partial charge in [0.15, 0.2) is 4.96 Å². The number of thiazole rings is 1. The van der Waals surface area contributed by atoms with Crippen LogP contribution in [0, 0.1) is 6.92 Å². The van der Waals surface area contributed by atoms with E-state index in [1.165, 1.54) is 11.3 Å². The van der Waals surface area contributed by atoms with Crippen molar-refractivity contribution in [1.82, 2.24) is 19.6 Å². The van der Waals surface area contributed by atoms with Gasteiger partial charge in [0.2, 0.25) is 0 Å². The molecule has 5 nitrogen and oxygen atoms in total. The van der Waals surface area contributed by atoms with Gasteiger partial charge in [-0.3, -0.25) is 14.1 Å². The Kier molecular flexibility index (Phi) is 3.38. The van der Waals surface area contributed by atoms with E-state index in [-0.39, 0.29) is 5.56 Å². The molecule has 1 atom stereocenters. The van der Waals surface area contributed by atoms with Gasteiger partial charge in [-0.05, 0) is 13.8 Å². The van der Waals surface area contributed by atoms with Crippen molar-refractivity contribution in [2.75, 3.05) is 19.6 Å². The zero-order valence-corrected chi connectivity index (χ0v) is 12.0. The molecule has 3 heterocycles. The van der Waals surface area contributed by atoms with E-state index in [0.717, 1.165) is 42.5 Å². The second kappa shape index (κ2) is 5.03. The molecule has 3 rings (SSSR count). The van der Waals surface area contributed by atoms with E-state index in [4.69, 9.17) is 0 Å². The van der Waals surface area contributed by atoms with Gasteiger partial charge in [-0.1, -0.05) is 0 Å². The SMILES string of the molecule is Cc1csc2nc(CN3CCNC(C)C3)cc(=O)n12. The summed E-state index contributed by atoms with van der Waals surface area (Å²) in [4.78, 5) is 19.8.